The fourth-order valence-corrected chi connectivity index (χ4v) is 7.03. The van der Waals surface area contributed by atoms with Crippen LogP contribution in [0.15, 0.2) is 111 Å². The third kappa shape index (κ3) is 13.0. The Morgan fingerprint density at radius 2 is 0.919 bits per heavy atom. The Kier molecular flexibility index (Phi) is 16.6. The number of amides is 4. The van der Waals surface area contributed by atoms with E-state index in [1.807, 2.05) is 0 Å². The molecule has 0 bridgehead atoms. The van der Waals surface area contributed by atoms with E-state index in [4.69, 9.17) is 81.2 Å². The van der Waals surface area contributed by atoms with Gasteiger partial charge in [0.05, 0.1) is 32.5 Å². The molecule has 14 nitrogen and oxygen atoms in total. The molecule has 0 aromatic heterocycles. The number of anilines is 4. The maximum Gasteiger partial charge on any atom is 0.258 e. The van der Waals surface area contributed by atoms with Crippen LogP contribution in [0.3, 0.4) is 0 Å². The van der Waals surface area contributed by atoms with Gasteiger partial charge in [-0.3, -0.25) is 28.8 Å². The maximum absolute atomic E-state index is 13.3. The minimum absolute atomic E-state index is 0.0127. The molecule has 5 aromatic rings. The molecule has 5 rings (SSSR count). The smallest absolute Gasteiger partial charge is 0.258 e. The molecule has 5 aromatic carbocycles. The number of benzene rings is 5. The molecule has 0 saturated heterocycles. The molecule has 0 aliphatic carbocycles. The Hall–Kier alpha value is -5.45. The minimum atomic E-state index is -1.62. The number of ketones is 2. The highest BCUT2D eigenvalue weighted by molar-refractivity contribution is 6.37. The van der Waals surface area contributed by atoms with E-state index in [9.17, 15) is 28.8 Å². The lowest BCUT2D eigenvalue weighted by Gasteiger charge is -2.15. The number of hydrogen-bond donors (Lipinski definition) is 4. The lowest BCUT2D eigenvalue weighted by atomic mass is 10.1. The predicted octanol–water partition coefficient (Wildman–Crippen LogP) is 12.2. The highest BCUT2D eigenvalue weighted by atomic mass is 35.5. The Labute approximate surface area is 388 Å². The molecule has 2 unspecified atom stereocenters. The molecule has 0 saturated carbocycles. The van der Waals surface area contributed by atoms with Crippen molar-refractivity contribution in [3.8, 4) is 0 Å². The molecule has 4 N–H and O–H groups in total. The quantitative estimate of drug-likeness (QED) is 0.0457. The third-order valence-corrected chi connectivity index (χ3v) is 10.1. The molecule has 62 heavy (non-hydrogen) atoms. The molecule has 0 radical (unpaired) electrons. The Morgan fingerprint density at radius 3 is 1.32 bits per heavy atom. The second kappa shape index (κ2) is 21.6. The van der Waals surface area contributed by atoms with E-state index in [-0.39, 0.29) is 49.8 Å². The first-order chi connectivity index (χ1) is 29.4. The van der Waals surface area contributed by atoms with E-state index in [2.05, 4.69) is 41.7 Å². The number of carbonyl (C=O) groups excluding carboxylic acids is 6. The van der Waals surface area contributed by atoms with Crippen molar-refractivity contribution < 1.29 is 28.8 Å². The Bertz CT molecular complexity index is 2640. The van der Waals surface area contributed by atoms with Gasteiger partial charge in [0, 0.05) is 48.7 Å². The summed E-state index contributed by atoms with van der Waals surface area (Å²) < 4.78 is 0. The van der Waals surface area contributed by atoms with Gasteiger partial charge < -0.3 is 21.3 Å². The molecular weight excluding hydrogens is 949 g/mol. The van der Waals surface area contributed by atoms with Crippen molar-refractivity contribution in [2.24, 2.45) is 20.5 Å². The number of nitrogens with zero attached hydrogens (tertiary/aromatic N) is 4. The summed E-state index contributed by atoms with van der Waals surface area (Å²) in [7, 11) is 0. The van der Waals surface area contributed by atoms with Crippen LogP contribution in [0.1, 0.15) is 40.1 Å². The van der Waals surface area contributed by atoms with Gasteiger partial charge in [-0.25, -0.2) is 0 Å². The number of hydrogen-bond acceptors (Lipinski definition) is 10. The normalized spacial score (nSPS) is 12.1. The molecule has 318 valence electrons. The van der Waals surface area contributed by atoms with E-state index in [0.717, 1.165) is 13.8 Å². The summed E-state index contributed by atoms with van der Waals surface area (Å²) in [6.45, 7) is 2.29. The number of alkyl halides is 1. The molecule has 0 heterocycles. The van der Waals surface area contributed by atoms with Crippen LogP contribution in [0.5, 0.6) is 0 Å². The molecule has 2 atom stereocenters. The Balaban J connectivity index is 1.25. The topological polar surface area (TPSA) is 200 Å². The van der Waals surface area contributed by atoms with Gasteiger partial charge in [0.1, 0.15) is 0 Å². The first kappa shape index (κ1) is 47.6. The second-order valence-electron chi connectivity index (χ2n) is 13.0. The summed E-state index contributed by atoms with van der Waals surface area (Å²) in [6.07, 6.45) is 0. The summed E-state index contributed by atoms with van der Waals surface area (Å²) >= 11 is 42.8. The van der Waals surface area contributed by atoms with Crippen LogP contribution in [0.2, 0.25) is 30.1 Å². The van der Waals surface area contributed by atoms with Gasteiger partial charge >= 0.3 is 0 Å². The van der Waals surface area contributed by atoms with Gasteiger partial charge in [-0.15, -0.1) is 11.6 Å². The Morgan fingerprint density at radius 1 is 0.500 bits per heavy atom. The lowest BCUT2D eigenvalue weighted by Crippen LogP contribution is -2.32. The van der Waals surface area contributed by atoms with Crippen molar-refractivity contribution in [2.45, 2.75) is 31.8 Å². The largest absolute Gasteiger partial charge is 0.324 e. The van der Waals surface area contributed by atoms with Crippen LogP contribution in [-0.2, 0) is 25.1 Å². The van der Waals surface area contributed by atoms with Gasteiger partial charge in [-0.05, 0) is 110 Å². The average Bonchev–Trinajstić information content (AvgIpc) is 3.18. The molecular formula is C41H29Cl7N8O6. The van der Waals surface area contributed by atoms with Gasteiger partial charge in [0.15, 0.2) is 11.6 Å². The zero-order valence-electron chi connectivity index (χ0n) is 31.9. The van der Waals surface area contributed by atoms with Crippen molar-refractivity contribution in [3.63, 3.8) is 0 Å². The van der Waals surface area contributed by atoms with E-state index in [1.54, 1.807) is 0 Å². The number of carbonyl (C=O) groups is 6. The molecule has 4 amide bonds. The zero-order chi connectivity index (χ0) is 45.2. The van der Waals surface area contributed by atoms with Gasteiger partial charge in [-0.2, -0.15) is 20.5 Å². The fourth-order valence-electron chi connectivity index (χ4n) is 5.35. The summed E-state index contributed by atoms with van der Waals surface area (Å²) in [4.78, 5) is 77.7. The number of rotatable bonds is 15. The SMILES string of the molecule is CC(=O)C(N=Nc1ccc(Cl)c(C(=O)Nc2cc(Cl)cc(Cl)c2)c1)C(=O)Nc1ccc(NC(=O)C(N=Nc2ccc(Cl)c(C(=O)Nc3cc(Cl)cc(Cl)c3)c2)C(C)=O)c(CCl)c1. The van der Waals surface area contributed by atoms with E-state index in [0.29, 0.717) is 37.0 Å². The molecule has 0 aliphatic heterocycles. The number of azo groups is 2. The molecule has 0 spiro atoms. The summed E-state index contributed by atoms with van der Waals surface area (Å²) in [6, 6.07) is 18.3. The molecule has 0 fully saturated rings. The highest BCUT2D eigenvalue weighted by Crippen LogP contribution is 2.29. The molecule has 21 heteroatoms. The fraction of sp³-hybridized carbons (Fsp3) is 0.122. The number of nitrogens with one attached hydrogen (secondary N) is 4. The number of halogens is 7. The van der Waals surface area contributed by atoms with Crippen LogP contribution in [0, 0.1) is 0 Å². The third-order valence-electron chi connectivity index (χ3n) is 8.25. The first-order valence-corrected chi connectivity index (χ1v) is 20.5. The standard InChI is InChI=1S/C41H29Cl7N8O6/c1-19(57)36(55-53-27-3-6-33(47)31(16-27)38(59)50-29-12-22(43)10-23(44)13-29)40(61)49-26-5-8-35(21(9-26)18-42)52-41(62)37(20(2)58)56-54-28-4-7-34(48)32(17-28)39(60)51-30-14-24(45)11-25(46)15-30/h3-17,36-37H,18H2,1-2H3,(H,49,61)(H,50,59)(H,51,60)(H,52,62). The van der Waals surface area contributed by atoms with Crippen molar-refractivity contribution >= 4 is 151 Å². The van der Waals surface area contributed by atoms with E-state index >= 15 is 0 Å². The van der Waals surface area contributed by atoms with Gasteiger partial charge in [-0.1, -0.05) is 69.6 Å². The minimum Gasteiger partial charge on any atom is -0.324 e. The second-order valence-corrected chi connectivity index (χ2v) is 15.8. The van der Waals surface area contributed by atoms with Crippen molar-refractivity contribution in [3.05, 3.63) is 138 Å². The van der Waals surface area contributed by atoms with Crippen LogP contribution >= 0.6 is 81.2 Å². The van der Waals surface area contributed by atoms with Crippen molar-refractivity contribution in [1.29, 1.82) is 0 Å². The van der Waals surface area contributed by atoms with Crippen molar-refractivity contribution in [2.75, 3.05) is 21.3 Å². The zero-order valence-corrected chi connectivity index (χ0v) is 37.2. The van der Waals surface area contributed by atoms with Gasteiger partial charge in [0.25, 0.3) is 23.6 Å². The lowest BCUT2D eigenvalue weighted by molar-refractivity contribution is -0.127. The summed E-state index contributed by atoms with van der Waals surface area (Å²) in [5.74, 6) is -4.40. The van der Waals surface area contributed by atoms with E-state index in [1.165, 1.54) is 91.0 Å². The highest BCUT2D eigenvalue weighted by Gasteiger charge is 2.26. The summed E-state index contributed by atoms with van der Waals surface area (Å²) in [5.41, 5.74) is 1.55. The van der Waals surface area contributed by atoms with Gasteiger partial charge in [0.2, 0.25) is 12.1 Å². The van der Waals surface area contributed by atoms with Crippen LogP contribution in [-0.4, -0.2) is 47.3 Å². The first-order valence-electron chi connectivity index (χ1n) is 17.7. The maximum atomic E-state index is 13.3. The van der Waals surface area contributed by atoms with Crippen molar-refractivity contribution in [1.82, 2.24) is 0 Å². The monoisotopic (exact) mass is 974 g/mol. The predicted molar refractivity (Wildman–Crippen MR) is 243 cm³/mol. The number of Topliss-reactive ketones (excluding diaryl/α,β-unsaturated/α-hetero) is 2. The average molecular weight is 978 g/mol. The molecule has 0 aliphatic rings. The van der Waals surface area contributed by atoms with Crippen LogP contribution < -0.4 is 21.3 Å². The summed E-state index contributed by atoms with van der Waals surface area (Å²) in [5, 5.41) is 27.7. The van der Waals surface area contributed by atoms with Crippen LogP contribution in [0.4, 0.5) is 34.1 Å². The van der Waals surface area contributed by atoms with E-state index < -0.39 is 47.3 Å². The van der Waals surface area contributed by atoms with Crippen LogP contribution in [0.25, 0.3) is 0 Å².